The van der Waals surface area contributed by atoms with Gasteiger partial charge in [0.2, 0.25) is 11.8 Å². The van der Waals surface area contributed by atoms with Crippen LogP contribution in [-0.2, 0) is 11.3 Å². The fourth-order valence-corrected chi connectivity index (χ4v) is 2.39. The Bertz CT molecular complexity index is 682. The van der Waals surface area contributed by atoms with Gasteiger partial charge in [0.05, 0.1) is 25.4 Å². The van der Waals surface area contributed by atoms with Gasteiger partial charge in [-0.25, -0.2) is 9.97 Å². The number of nitrogens with zero attached hydrogens (tertiary/aromatic N) is 2. The molecule has 25 heavy (non-hydrogen) atoms. The largest absolute Gasteiger partial charge is 0.478 e. The molecule has 1 aliphatic heterocycles. The summed E-state index contributed by atoms with van der Waals surface area (Å²) in [5.41, 5.74) is 1.37. The van der Waals surface area contributed by atoms with E-state index < -0.39 is 0 Å². The third-order valence-corrected chi connectivity index (χ3v) is 3.72. The van der Waals surface area contributed by atoms with E-state index in [-0.39, 0.29) is 12.0 Å². The van der Waals surface area contributed by atoms with Crippen LogP contribution in [0.3, 0.4) is 0 Å². The van der Waals surface area contributed by atoms with Crippen LogP contribution in [0, 0.1) is 0 Å². The SMILES string of the molecule is CCOc1ccc(CNC(=O)c2ccc(OC3CCOC3)nc2)cn1. The lowest BCUT2D eigenvalue weighted by molar-refractivity contribution is 0.0950. The van der Waals surface area contributed by atoms with Gasteiger partial charge < -0.3 is 19.5 Å². The Hall–Kier alpha value is -2.67. The Kier molecular flexibility index (Phi) is 5.79. The maximum Gasteiger partial charge on any atom is 0.253 e. The third-order valence-electron chi connectivity index (χ3n) is 3.72. The molecule has 0 spiro atoms. The maximum atomic E-state index is 12.2. The van der Waals surface area contributed by atoms with Crippen LogP contribution in [0.25, 0.3) is 0 Å². The molecule has 1 saturated heterocycles. The topological polar surface area (TPSA) is 82.6 Å². The molecular formula is C18H21N3O4. The quantitative estimate of drug-likeness (QED) is 0.828. The molecule has 0 aliphatic carbocycles. The van der Waals surface area contributed by atoms with E-state index in [0.29, 0.717) is 43.7 Å². The van der Waals surface area contributed by atoms with Gasteiger partial charge in [-0.2, -0.15) is 0 Å². The van der Waals surface area contributed by atoms with Crippen molar-refractivity contribution in [3.05, 3.63) is 47.8 Å². The lowest BCUT2D eigenvalue weighted by Gasteiger charge is -2.11. The average molecular weight is 343 g/mol. The van der Waals surface area contributed by atoms with E-state index in [1.54, 1.807) is 24.4 Å². The van der Waals surface area contributed by atoms with E-state index in [9.17, 15) is 4.79 Å². The number of carbonyl (C=O) groups is 1. The van der Waals surface area contributed by atoms with Crippen molar-refractivity contribution in [1.29, 1.82) is 0 Å². The molecule has 2 aromatic heterocycles. The number of ether oxygens (including phenoxy) is 3. The van der Waals surface area contributed by atoms with Gasteiger partial charge in [0.1, 0.15) is 6.10 Å². The zero-order valence-electron chi connectivity index (χ0n) is 14.1. The normalized spacial score (nSPS) is 16.4. The summed E-state index contributed by atoms with van der Waals surface area (Å²) in [6.45, 7) is 4.16. The number of rotatable bonds is 7. The second kappa shape index (κ2) is 8.43. The lowest BCUT2D eigenvalue weighted by atomic mass is 10.2. The van der Waals surface area contributed by atoms with Crippen molar-refractivity contribution in [2.75, 3.05) is 19.8 Å². The Labute approximate surface area is 146 Å². The van der Waals surface area contributed by atoms with Gasteiger partial charge >= 0.3 is 0 Å². The van der Waals surface area contributed by atoms with Crippen LogP contribution in [-0.4, -0.2) is 41.8 Å². The summed E-state index contributed by atoms with van der Waals surface area (Å²) in [5.74, 6) is 0.880. The first-order chi connectivity index (χ1) is 12.2. The van der Waals surface area contributed by atoms with Gasteiger partial charge in [-0.15, -0.1) is 0 Å². The summed E-state index contributed by atoms with van der Waals surface area (Å²) < 4.78 is 16.2. The molecule has 132 valence electrons. The number of pyridine rings is 2. The predicted octanol–water partition coefficient (Wildman–Crippen LogP) is 1.97. The summed E-state index contributed by atoms with van der Waals surface area (Å²) in [4.78, 5) is 20.5. The van der Waals surface area contributed by atoms with E-state index in [2.05, 4.69) is 15.3 Å². The highest BCUT2D eigenvalue weighted by atomic mass is 16.5. The van der Waals surface area contributed by atoms with Crippen molar-refractivity contribution in [1.82, 2.24) is 15.3 Å². The second-order valence-corrected chi connectivity index (χ2v) is 5.61. The summed E-state index contributed by atoms with van der Waals surface area (Å²) >= 11 is 0. The van der Waals surface area contributed by atoms with Crippen molar-refractivity contribution in [3.8, 4) is 11.8 Å². The van der Waals surface area contributed by atoms with E-state index >= 15 is 0 Å². The molecule has 1 atom stereocenters. The molecule has 3 heterocycles. The monoisotopic (exact) mass is 343 g/mol. The minimum Gasteiger partial charge on any atom is -0.478 e. The van der Waals surface area contributed by atoms with Crippen molar-refractivity contribution in [2.45, 2.75) is 26.0 Å². The summed E-state index contributed by atoms with van der Waals surface area (Å²) in [5, 5.41) is 2.84. The van der Waals surface area contributed by atoms with Crippen LogP contribution in [0.2, 0.25) is 0 Å². The fourth-order valence-electron chi connectivity index (χ4n) is 2.39. The molecule has 0 saturated carbocycles. The van der Waals surface area contributed by atoms with Gasteiger partial charge in [-0.05, 0) is 18.6 Å². The molecule has 1 amide bonds. The van der Waals surface area contributed by atoms with Crippen LogP contribution in [0.5, 0.6) is 11.8 Å². The van der Waals surface area contributed by atoms with E-state index in [0.717, 1.165) is 12.0 Å². The molecule has 1 unspecified atom stereocenters. The average Bonchev–Trinajstić information content (AvgIpc) is 3.15. The number of hydrogen-bond donors (Lipinski definition) is 1. The van der Waals surface area contributed by atoms with E-state index in [1.165, 1.54) is 6.20 Å². The molecular weight excluding hydrogens is 322 g/mol. The summed E-state index contributed by atoms with van der Waals surface area (Å²) in [7, 11) is 0. The van der Waals surface area contributed by atoms with Gasteiger partial charge in [-0.1, -0.05) is 6.07 Å². The number of amides is 1. The van der Waals surface area contributed by atoms with Crippen molar-refractivity contribution >= 4 is 5.91 Å². The van der Waals surface area contributed by atoms with Crippen molar-refractivity contribution in [2.24, 2.45) is 0 Å². The molecule has 7 nitrogen and oxygen atoms in total. The van der Waals surface area contributed by atoms with Crippen LogP contribution >= 0.6 is 0 Å². The van der Waals surface area contributed by atoms with E-state index in [1.807, 2.05) is 13.0 Å². The molecule has 3 rings (SSSR count). The van der Waals surface area contributed by atoms with Crippen molar-refractivity contribution < 1.29 is 19.0 Å². The number of carbonyl (C=O) groups excluding carboxylic acids is 1. The zero-order chi connectivity index (χ0) is 17.5. The first kappa shape index (κ1) is 17.2. The Balaban J connectivity index is 1.50. The van der Waals surface area contributed by atoms with Gasteiger partial charge in [0.15, 0.2) is 0 Å². The zero-order valence-corrected chi connectivity index (χ0v) is 14.1. The van der Waals surface area contributed by atoms with Crippen molar-refractivity contribution in [3.63, 3.8) is 0 Å². The molecule has 7 heteroatoms. The molecule has 0 bridgehead atoms. The molecule has 0 aromatic carbocycles. The molecule has 2 aromatic rings. The standard InChI is InChI=1S/C18H21N3O4/c1-2-24-16-5-3-13(9-19-16)10-21-18(22)14-4-6-17(20-11-14)25-15-7-8-23-12-15/h3-6,9,11,15H,2,7-8,10,12H2,1H3,(H,21,22). The summed E-state index contributed by atoms with van der Waals surface area (Å²) in [6.07, 6.45) is 4.10. The van der Waals surface area contributed by atoms with Gasteiger partial charge in [0.25, 0.3) is 5.91 Å². The number of hydrogen-bond acceptors (Lipinski definition) is 6. The Morgan fingerprint density at radius 1 is 1.24 bits per heavy atom. The Morgan fingerprint density at radius 2 is 2.08 bits per heavy atom. The smallest absolute Gasteiger partial charge is 0.253 e. The van der Waals surface area contributed by atoms with Crippen LogP contribution < -0.4 is 14.8 Å². The second-order valence-electron chi connectivity index (χ2n) is 5.61. The van der Waals surface area contributed by atoms with Crippen LogP contribution in [0.4, 0.5) is 0 Å². The Morgan fingerprint density at radius 3 is 2.72 bits per heavy atom. The fraction of sp³-hybridized carbons (Fsp3) is 0.389. The first-order valence-electron chi connectivity index (χ1n) is 8.31. The minimum atomic E-state index is -0.197. The minimum absolute atomic E-state index is 0.0411. The number of nitrogens with one attached hydrogen (secondary N) is 1. The molecule has 1 aliphatic rings. The lowest BCUT2D eigenvalue weighted by Crippen LogP contribution is -2.23. The number of aromatic nitrogens is 2. The molecule has 1 N–H and O–H groups in total. The highest BCUT2D eigenvalue weighted by Gasteiger charge is 2.17. The van der Waals surface area contributed by atoms with Crippen LogP contribution in [0.1, 0.15) is 29.3 Å². The molecule has 1 fully saturated rings. The highest BCUT2D eigenvalue weighted by molar-refractivity contribution is 5.93. The maximum absolute atomic E-state index is 12.2. The molecule has 0 radical (unpaired) electrons. The van der Waals surface area contributed by atoms with Crippen LogP contribution in [0.15, 0.2) is 36.7 Å². The first-order valence-corrected chi connectivity index (χ1v) is 8.31. The van der Waals surface area contributed by atoms with Gasteiger partial charge in [0, 0.05) is 37.5 Å². The predicted molar refractivity (Wildman–Crippen MR) is 90.7 cm³/mol. The summed E-state index contributed by atoms with van der Waals surface area (Å²) in [6, 6.07) is 7.05. The van der Waals surface area contributed by atoms with Gasteiger partial charge in [-0.3, -0.25) is 4.79 Å². The third kappa shape index (κ3) is 4.90. The van der Waals surface area contributed by atoms with E-state index in [4.69, 9.17) is 14.2 Å². The highest BCUT2D eigenvalue weighted by Crippen LogP contribution is 2.15.